The van der Waals surface area contributed by atoms with E-state index in [1.54, 1.807) is 0 Å². The first-order chi connectivity index (χ1) is 11.4. The summed E-state index contributed by atoms with van der Waals surface area (Å²) in [4.78, 5) is 5.33. The molecule has 132 valence electrons. The van der Waals surface area contributed by atoms with E-state index in [1.165, 1.54) is 116 Å². The first kappa shape index (κ1) is 17.5. The van der Waals surface area contributed by atoms with Crippen molar-refractivity contribution in [3.8, 4) is 0 Å². The van der Waals surface area contributed by atoms with Crippen LogP contribution in [0, 0.1) is 11.3 Å². The summed E-state index contributed by atoms with van der Waals surface area (Å²) < 4.78 is 0. The Labute approximate surface area is 144 Å². The summed E-state index contributed by atoms with van der Waals surface area (Å²) in [7, 11) is 0. The van der Waals surface area contributed by atoms with Crippen molar-refractivity contribution in [1.82, 2.24) is 0 Å². The van der Waals surface area contributed by atoms with Gasteiger partial charge in [-0.3, -0.25) is 4.99 Å². The summed E-state index contributed by atoms with van der Waals surface area (Å²) in [5.74, 6) is 0.906. The second-order valence-corrected chi connectivity index (χ2v) is 8.83. The SMILES string of the molecule is C1=N/C(C2CCCCC2)CCCCCCCCC/12CCCCC2. The first-order valence-electron chi connectivity index (χ1n) is 10.9. The van der Waals surface area contributed by atoms with Crippen molar-refractivity contribution in [3.05, 3.63) is 0 Å². The molecule has 0 bridgehead atoms. The van der Waals surface area contributed by atoms with E-state index in [9.17, 15) is 0 Å². The van der Waals surface area contributed by atoms with E-state index >= 15 is 0 Å². The molecule has 2 fully saturated rings. The average Bonchev–Trinajstić information content (AvgIpc) is 2.60. The van der Waals surface area contributed by atoms with Crippen LogP contribution in [0.25, 0.3) is 0 Å². The zero-order chi connectivity index (χ0) is 15.8. The van der Waals surface area contributed by atoms with Crippen molar-refractivity contribution < 1.29 is 0 Å². The molecule has 0 N–H and O–H groups in total. The van der Waals surface area contributed by atoms with Crippen LogP contribution in [0.2, 0.25) is 0 Å². The molecule has 0 aromatic carbocycles. The fourth-order valence-corrected chi connectivity index (χ4v) is 5.44. The molecule has 1 nitrogen and oxygen atoms in total. The molecule has 1 spiro atoms. The molecule has 23 heavy (non-hydrogen) atoms. The Morgan fingerprint density at radius 3 is 1.74 bits per heavy atom. The normalized spacial score (nSPS) is 32.8. The number of aliphatic imine (C=N–C) groups is 1. The maximum absolute atomic E-state index is 5.33. The molecule has 0 aromatic heterocycles. The van der Waals surface area contributed by atoms with Crippen LogP contribution in [0.5, 0.6) is 0 Å². The Hall–Kier alpha value is -0.330. The summed E-state index contributed by atoms with van der Waals surface area (Å²) in [6.45, 7) is 0. The topological polar surface area (TPSA) is 12.4 Å². The zero-order valence-electron chi connectivity index (χ0n) is 15.4. The Morgan fingerprint density at radius 2 is 1.04 bits per heavy atom. The predicted molar refractivity (Wildman–Crippen MR) is 101 cm³/mol. The van der Waals surface area contributed by atoms with Gasteiger partial charge < -0.3 is 0 Å². The minimum atomic E-state index is 0.490. The van der Waals surface area contributed by atoms with Gasteiger partial charge in [0.15, 0.2) is 0 Å². The number of hydrogen-bond acceptors (Lipinski definition) is 1. The molecule has 2 saturated carbocycles. The zero-order valence-corrected chi connectivity index (χ0v) is 15.4. The fourth-order valence-electron chi connectivity index (χ4n) is 5.44. The molecule has 0 amide bonds. The smallest absolute Gasteiger partial charge is 0.0524 e. The van der Waals surface area contributed by atoms with Gasteiger partial charge in [-0.15, -0.1) is 0 Å². The van der Waals surface area contributed by atoms with Gasteiger partial charge in [-0.1, -0.05) is 77.0 Å². The predicted octanol–water partition coefficient (Wildman–Crippen LogP) is 7.09. The quantitative estimate of drug-likeness (QED) is 0.489. The van der Waals surface area contributed by atoms with Gasteiger partial charge in [0.25, 0.3) is 0 Å². The van der Waals surface area contributed by atoms with Gasteiger partial charge in [0.05, 0.1) is 6.04 Å². The van der Waals surface area contributed by atoms with Gasteiger partial charge in [-0.25, -0.2) is 0 Å². The van der Waals surface area contributed by atoms with Crippen LogP contribution in [-0.4, -0.2) is 12.3 Å². The lowest BCUT2D eigenvalue weighted by atomic mass is 9.71. The van der Waals surface area contributed by atoms with Crippen LogP contribution in [0.3, 0.4) is 0 Å². The summed E-state index contributed by atoms with van der Waals surface area (Å²) in [5.41, 5.74) is 0.490. The third-order valence-corrected chi connectivity index (χ3v) is 7.01. The third-order valence-electron chi connectivity index (χ3n) is 7.01. The van der Waals surface area contributed by atoms with Crippen LogP contribution >= 0.6 is 0 Å². The average molecular weight is 318 g/mol. The van der Waals surface area contributed by atoms with Crippen LogP contribution < -0.4 is 0 Å². The van der Waals surface area contributed by atoms with Crippen molar-refractivity contribution in [3.63, 3.8) is 0 Å². The number of rotatable bonds is 1. The van der Waals surface area contributed by atoms with Crippen molar-refractivity contribution >= 4 is 6.21 Å². The van der Waals surface area contributed by atoms with E-state index in [1.807, 2.05) is 0 Å². The monoisotopic (exact) mass is 317 g/mol. The van der Waals surface area contributed by atoms with E-state index in [0.717, 1.165) is 5.92 Å². The highest BCUT2D eigenvalue weighted by Gasteiger charge is 2.31. The summed E-state index contributed by atoms with van der Waals surface area (Å²) in [6, 6.07) is 0.661. The Bertz CT molecular complexity index is 347. The Balaban J connectivity index is 1.70. The summed E-state index contributed by atoms with van der Waals surface area (Å²) >= 11 is 0. The molecule has 1 heterocycles. The highest BCUT2D eigenvalue weighted by Crippen LogP contribution is 2.40. The van der Waals surface area contributed by atoms with Gasteiger partial charge in [0.2, 0.25) is 0 Å². The number of hydrogen-bond donors (Lipinski definition) is 0. The molecule has 1 atom stereocenters. The molecule has 2 aliphatic carbocycles. The maximum Gasteiger partial charge on any atom is 0.0524 e. The van der Waals surface area contributed by atoms with Gasteiger partial charge in [-0.05, 0) is 44.4 Å². The van der Waals surface area contributed by atoms with E-state index in [2.05, 4.69) is 6.21 Å². The van der Waals surface area contributed by atoms with E-state index in [0.29, 0.717) is 11.5 Å². The van der Waals surface area contributed by atoms with Gasteiger partial charge in [0.1, 0.15) is 0 Å². The van der Waals surface area contributed by atoms with Crippen LogP contribution in [0.15, 0.2) is 4.99 Å². The lowest BCUT2D eigenvalue weighted by Crippen LogP contribution is -2.29. The number of nitrogens with zero attached hydrogens (tertiary/aromatic N) is 1. The molecule has 1 unspecified atom stereocenters. The molecule has 3 rings (SSSR count). The first-order valence-corrected chi connectivity index (χ1v) is 10.9. The van der Waals surface area contributed by atoms with Gasteiger partial charge in [0, 0.05) is 11.6 Å². The van der Waals surface area contributed by atoms with Crippen molar-refractivity contribution in [2.75, 3.05) is 0 Å². The molecule has 0 aromatic rings. The van der Waals surface area contributed by atoms with E-state index in [4.69, 9.17) is 4.99 Å². The summed E-state index contributed by atoms with van der Waals surface area (Å²) in [6.07, 6.45) is 28.5. The molecule has 0 saturated heterocycles. The minimum Gasteiger partial charge on any atom is -0.293 e. The van der Waals surface area contributed by atoms with Crippen molar-refractivity contribution in [2.24, 2.45) is 16.3 Å². The van der Waals surface area contributed by atoms with Crippen molar-refractivity contribution in [2.45, 2.75) is 122 Å². The van der Waals surface area contributed by atoms with Crippen LogP contribution in [0.1, 0.15) is 116 Å². The highest BCUT2D eigenvalue weighted by molar-refractivity contribution is 5.66. The second-order valence-electron chi connectivity index (χ2n) is 8.83. The lowest BCUT2D eigenvalue weighted by Gasteiger charge is -2.35. The molecular weight excluding hydrogens is 278 g/mol. The maximum atomic E-state index is 5.33. The Kier molecular flexibility index (Phi) is 7.02. The molecule has 0 radical (unpaired) electrons. The minimum absolute atomic E-state index is 0.490. The fraction of sp³-hybridized carbons (Fsp3) is 0.955. The largest absolute Gasteiger partial charge is 0.293 e. The van der Waals surface area contributed by atoms with Crippen LogP contribution in [-0.2, 0) is 0 Å². The lowest BCUT2D eigenvalue weighted by molar-refractivity contribution is 0.254. The molecule has 1 aliphatic heterocycles. The van der Waals surface area contributed by atoms with Crippen LogP contribution in [0.4, 0.5) is 0 Å². The third kappa shape index (κ3) is 5.33. The highest BCUT2D eigenvalue weighted by atomic mass is 14.8. The van der Waals surface area contributed by atoms with Gasteiger partial charge in [-0.2, -0.15) is 0 Å². The standard InChI is InChI=1S/C22H39N/c1-2-4-10-16-22(17-11-6-12-18-22)19-23-21(15-9-3-1)20-13-7-5-8-14-20/h19-21H,1-18H2/b23-19+. The summed E-state index contributed by atoms with van der Waals surface area (Å²) in [5, 5.41) is 0. The Morgan fingerprint density at radius 1 is 0.565 bits per heavy atom. The molecular formula is C22H39N. The molecule has 3 aliphatic rings. The van der Waals surface area contributed by atoms with Gasteiger partial charge >= 0.3 is 0 Å². The molecule has 1 heteroatoms. The van der Waals surface area contributed by atoms with Crippen molar-refractivity contribution in [1.29, 1.82) is 0 Å². The van der Waals surface area contributed by atoms with E-state index in [-0.39, 0.29) is 0 Å². The van der Waals surface area contributed by atoms with E-state index < -0.39 is 0 Å². The second kappa shape index (κ2) is 9.23.